The van der Waals surface area contributed by atoms with Gasteiger partial charge in [-0.1, -0.05) is 0 Å². The second-order valence-corrected chi connectivity index (χ2v) is 2.17. The van der Waals surface area contributed by atoms with E-state index in [-0.39, 0.29) is 0 Å². The summed E-state index contributed by atoms with van der Waals surface area (Å²) < 4.78 is 69.4. The molecule has 1 fully saturated rings. The molecule has 0 saturated heterocycles. The van der Waals surface area contributed by atoms with Crippen LogP contribution in [0.15, 0.2) is 11.4 Å². The quantitative estimate of drug-likeness (QED) is 0.498. The molecule has 0 aromatic carbocycles. The molecule has 1 aliphatic rings. The zero-order chi connectivity index (χ0) is 8.86. The van der Waals surface area contributed by atoms with Gasteiger partial charge in [0.1, 0.15) is 0 Å². The van der Waals surface area contributed by atoms with Gasteiger partial charge in [0.05, 0.1) is 0 Å². The molecule has 0 aliphatic heterocycles. The topological polar surface area (TPSA) is 0 Å². The summed E-state index contributed by atoms with van der Waals surface area (Å²) in [5.74, 6) is -6.22. The standard InChI is InChI=1S/C5H2F6/c6-3(5(9,10)11)2-1-4(2,7)8/h1H2. The minimum Gasteiger partial charge on any atom is -0.202 e. The van der Waals surface area contributed by atoms with E-state index in [1.807, 2.05) is 0 Å². The third-order valence-corrected chi connectivity index (χ3v) is 1.23. The molecule has 1 saturated carbocycles. The van der Waals surface area contributed by atoms with Crippen molar-refractivity contribution in [3.63, 3.8) is 0 Å². The molecule has 0 aromatic heterocycles. The van der Waals surface area contributed by atoms with Gasteiger partial charge in [0, 0.05) is 12.0 Å². The second kappa shape index (κ2) is 1.92. The molecule has 0 nitrogen and oxygen atoms in total. The van der Waals surface area contributed by atoms with Crippen LogP contribution in [0.3, 0.4) is 0 Å². The van der Waals surface area contributed by atoms with Gasteiger partial charge >= 0.3 is 6.18 Å². The summed E-state index contributed by atoms with van der Waals surface area (Å²) in [5, 5.41) is 0. The van der Waals surface area contributed by atoms with Gasteiger partial charge < -0.3 is 0 Å². The zero-order valence-electron chi connectivity index (χ0n) is 4.97. The van der Waals surface area contributed by atoms with Crippen LogP contribution in [0.1, 0.15) is 6.42 Å². The lowest BCUT2D eigenvalue weighted by Crippen LogP contribution is -2.08. The molecule has 11 heavy (non-hydrogen) atoms. The zero-order valence-corrected chi connectivity index (χ0v) is 4.97. The summed E-state index contributed by atoms with van der Waals surface area (Å²) in [6.45, 7) is 0. The highest BCUT2D eigenvalue weighted by Crippen LogP contribution is 2.52. The van der Waals surface area contributed by atoms with Crippen LogP contribution in [0.4, 0.5) is 26.3 Å². The van der Waals surface area contributed by atoms with Crippen LogP contribution in [0.2, 0.25) is 0 Å². The van der Waals surface area contributed by atoms with E-state index in [0.717, 1.165) is 0 Å². The number of rotatable bonds is 0. The monoisotopic (exact) mass is 176 g/mol. The summed E-state index contributed by atoms with van der Waals surface area (Å²) >= 11 is 0. The first-order valence-corrected chi connectivity index (χ1v) is 2.59. The van der Waals surface area contributed by atoms with Gasteiger partial charge in [-0.25, -0.2) is 13.2 Å². The first-order chi connectivity index (χ1) is 4.75. The molecule has 0 radical (unpaired) electrons. The van der Waals surface area contributed by atoms with Gasteiger partial charge in [0.15, 0.2) is 0 Å². The van der Waals surface area contributed by atoms with E-state index >= 15 is 0 Å². The number of allylic oxidation sites excluding steroid dienone is 2. The Morgan fingerprint density at radius 3 is 1.73 bits per heavy atom. The third-order valence-electron chi connectivity index (χ3n) is 1.23. The lowest BCUT2D eigenvalue weighted by molar-refractivity contribution is -0.110. The Bertz CT molecular complexity index is 210. The maximum atomic E-state index is 11.9. The van der Waals surface area contributed by atoms with Crippen LogP contribution in [-0.4, -0.2) is 12.1 Å². The molecule has 0 bridgehead atoms. The molecule has 0 amide bonds. The fourth-order valence-electron chi connectivity index (χ4n) is 0.587. The largest absolute Gasteiger partial charge is 0.443 e. The SMILES string of the molecule is FC(=C1CC1(F)F)C(F)(F)F. The molecule has 64 valence electrons. The Labute approximate surface area is 57.5 Å². The Morgan fingerprint density at radius 1 is 1.27 bits per heavy atom. The van der Waals surface area contributed by atoms with Crippen molar-refractivity contribution in [3.05, 3.63) is 11.4 Å². The smallest absolute Gasteiger partial charge is 0.202 e. The molecule has 1 aliphatic carbocycles. The van der Waals surface area contributed by atoms with Crippen molar-refractivity contribution in [2.45, 2.75) is 18.5 Å². The van der Waals surface area contributed by atoms with Crippen LogP contribution < -0.4 is 0 Å². The van der Waals surface area contributed by atoms with Crippen molar-refractivity contribution < 1.29 is 26.3 Å². The predicted molar refractivity (Wildman–Crippen MR) is 23.8 cm³/mol. The maximum Gasteiger partial charge on any atom is 0.443 e. The van der Waals surface area contributed by atoms with Crippen molar-refractivity contribution in [1.29, 1.82) is 0 Å². The van der Waals surface area contributed by atoms with E-state index in [1.54, 1.807) is 0 Å². The summed E-state index contributed by atoms with van der Waals surface area (Å²) in [6.07, 6.45) is -6.38. The van der Waals surface area contributed by atoms with E-state index < -0.39 is 29.9 Å². The lowest BCUT2D eigenvalue weighted by atomic mass is 10.4. The number of halogens is 6. The molecule has 0 spiro atoms. The van der Waals surface area contributed by atoms with Crippen molar-refractivity contribution >= 4 is 0 Å². The number of hydrogen-bond acceptors (Lipinski definition) is 0. The number of hydrogen-bond donors (Lipinski definition) is 0. The third kappa shape index (κ3) is 1.49. The van der Waals surface area contributed by atoms with Gasteiger partial charge in [-0.15, -0.1) is 0 Å². The summed E-state index contributed by atoms with van der Waals surface area (Å²) in [7, 11) is 0. The number of alkyl halides is 5. The van der Waals surface area contributed by atoms with Crippen LogP contribution >= 0.6 is 0 Å². The van der Waals surface area contributed by atoms with Crippen LogP contribution in [-0.2, 0) is 0 Å². The van der Waals surface area contributed by atoms with Gasteiger partial charge in [0.2, 0.25) is 5.83 Å². The first-order valence-electron chi connectivity index (χ1n) is 2.59. The molecular formula is C5H2F6. The fourth-order valence-corrected chi connectivity index (χ4v) is 0.587. The van der Waals surface area contributed by atoms with E-state index in [2.05, 4.69) is 0 Å². The fraction of sp³-hybridized carbons (Fsp3) is 0.600. The molecule has 6 heteroatoms. The molecule has 0 unspecified atom stereocenters. The normalized spacial score (nSPS) is 26.7. The van der Waals surface area contributed by atoms with E-state index in [1.165, 1.54) is 0 Å². The molecule has 0 atom stereocenters. The summed E-state index contributed by atoms with van der Waals surface area (Å²) in [6, 6.07) is 0. The molecular weight excluding hydrogens is 174 g/mol. The Hall–Kier alpha value is -0.680. The van der Waals surface area contributed by atoms with Crippen LogP contribution in [0.5, 0.6) is 0 Å². The van der Waals surface area contributed by atoms with Crippen molar-refractivity contribution in [3.8, 4) is 0 Å². The highest BCUT2D eigenvalue weighted by Gasteiger charge is 2.58. The average molecular weight is 176 g/mol. The Morgan fingerprint density at radius 2 is 1.64 bits per heavy atom. The van der Waals surface area contributed by atoms with E-state index in [9.17, 15) is 26.3 Å². The predicted octanol–water partition coefficient (Wildman–Crippen LogP) is 2.81. The van der Waals surface area contributed by atoms with Gasteiger partial charge in [-0.3, -0.25) is 0 Å². The van der Waals surface area contributed by atoms with Crippen molar-refractivity contribution in [2.24, 2.45) is 0 Å². The van der Waals surface area contributed by atoms with Crippen LogP contribution in [0, 0.1) is 0 Å². The summed E-state index contributed by atoms with van der Waals surface area (Å²) in [5.41, 5.74) is -1.44. The Kier molecular flexibility index (Phi) is 1.47. The van der Waals surface area contributed by atoms with Gasteiger partial charge in [-0.2, -0.15) is 13.2 Å². The van der Waals surface area contributed by atoms with Gasteiger partial charge in [-0.05, 0) is 0 Å². The van der Waals surface area contributed by atoms with Gasteiger partial charge in [0.25, 0.3) is 5.92 Å². The van der Waals surface area contributed by atoms with Crippen molar-refractivity contribution in [1.82, 2.24) is 0 Å². The molecule has 0 heterocycles. The first kappa shape index (κ1) is 8.42. The molecule has 0 N–H and O–H groups in total. The molecule has 0 aromatic rings. The van der Waals surface area contributed by atoms with Crippen molar-refractivity contribution in [2.75, 3.05) is 0 Å². The minimum absolute atomic E-state index is 1.11. The summed E-state index contributed by atoms with van der Waals surface area (Å²) in [4.78, 5) is 0. The van der Waals surface area contributed by atoms with E-state index in [0.29, 0.717) is 0 Å². The highest BCUT2D eigenvalue weighted by molar-refractivity contribution is 5.35. The lowest BCUT2D eigenvalue weighted by Gasteiger charge is -2.00. The Balaban J connectivity index is 2.86. The average Bonchev–Trinajstić information content (AvgIpc) is 2.36. The minimum atomic E-state index is -5.27. The molecule has 1 rings (SSSR count). The second-order valence-electron chi connectivity index (χ2n) is 2.17. The van der Waals surface area contributed by atoms with E-state index in [4.69, 9.17) is 0 Å². The highest BCUT2D eigenvalue weighted by atomic mass is 19.4. The van der Waals surface area contributed by atoms with Crippen LogP contribution in [0.25, 0.3) is 0 Å². The maximum absolute atomic E-state index is 11.9.